The summed E-state index contributed by atoms with van der Waals surface area (Å²) in [5, 5.41) is 3.89. The van der Waals surface area contributed by atoms with Gasteiger partial charge in [0, 0.05) is 6.20 Å². The zero-order valence-corrected chi connectivity index (χ0v) is 15.1. The lowest BCUT2D eigenvalue weighted by molar-refractivity contribution is 0.0734. The first-order valence-electron chi connectivity index (χ1n) is 8.65. The second-order valence-corrected chi connectivity index (χ2v) is 5.94. The third-order valence-electron chi connectivity index (χ3n) is 3.98. The predicted molar refractivity (Wildman–Crippen MR) is 103 cm³/mol. The van der Waals surface area contributed by atoms with Crippen molar-refractivity contribution < 1.29 is 23.8 Å². The number of carbonyl (C=O) groups is 2. The summed E-state index contributed by atoms with van der Waals surface area (Å²) in [5.41, 5.74) is 3.75. The van der Waals surface area contributed by atoms with Crippen molar-refractivity contribution in [3.8, 4) is 17.2 Å². The summed E-state index contributed by atoms with van der Waals surface area (Å²) in [6, 6.07) is 16.6. The monoisotopic (exact) mass is 389 g/mol. The molecule has 8 nitrogen and oxygen atoms in total. The highest BCUT2D eigenvalue weighted by Crippen LogP contribution is 2.32. The molecule has 1 N–H and O–H groups in total. The molecule has 0 saturated carbocycles. The van der Waals surface area contributed by atoms with Gasteiger partial charge >= 0.3 is 5.97 Å². The lowest BCUT2D eigenvalue weighted by atomic mass is 10.2. The van der Waals surface area contributed by atoms with E-state index in [1.807, 2.05) is 0 Å². The maximum absolute atomic E-state index is 12.3. The van der Waals surface area contributed by atoms with E-state index in [0.717, 1.165) is 0 Å². The highest BCUT2D eigenvalue weighted by Gasteiger charge is 2.17. The van der Waals surface area contributed by atoms with E-state index in [4.69, 9.17) is 14.2 Å². The summed E-state index contributed by atoms with van der Waals surface area (Å²) in [6.45, 7) is 0.138. The Balaban J connectivity index is 1.34. The van der Waals surface area contributed by atoms with Crippen LogP contribution in [0.1, 0.15) is 26.4 Å². The Morgan fingerprint density at radius 3 is 2.66 bits per heavy atom. The summed E-state index contributed by atoms with van der Waals surface area (Å²) in [7, 11) is 0. The van der Waals surface area contributed by atoms with Crippen LogP contribution in [0.4, 0.5) is 0 Å². The molecule has 0 saturated heterocycles. The Bertz CT molecular complexity index is 1070. The zero-order valence-electron chi connectivity index (χ0n) is 15.1. The second-order valence-electron chi connectivity index (χ2n) is 5.94. The molecule has 0 radical (unpaired) electrons. The van der Waals surface area contributed by atoms with Gasteiger partial charge in [-0.15, -0.1) is 0 Å². The van der Waals surface area contributed by atoms with Gasteiger partial charge < -0.3 is 14.2 Å². The summed E-state index contributed by atoms with van der Waals surface area (Å²) in [4.78, 5) is 28.1. The minimum atomic E-state index is -0.507. The van der Waals surface area contributed by atoms with E-state index in [1.54, 1.807) is 60.7 Å². The number of rotatable bonds is 5. The van der Waals surface area contributed by atoms with Crippen LogP contribution in [0.5, 0.6) is 17.2 Å². The minimum absolute atomic E-state index is 0.138. The molecule has 0 atom stereocenters. The van der Waals surface area contributed by atoms with E-state index in [-0.39, 0.29) is 12.5 Å². The van der Waals surface area contributed by atoms with E-state index in [0.29, 0.717) is 28.4 Å². The first-order valence-corrected chi connectivity index (χ1v) is 8.65. The smallest absolute Gasteiger partial charge is 0.343 e. The topological polar surface area (TPSA) is 99.1 Å². The Labute approximate surface area is 165 Å². The van der Waals surface area contributed by atoms with Crippen LogP contribution in [0.25, 0.3) is 0 Å². The molecule has 144 valence electrons. The van der Waals surface area contributed by atoms with Crippen molar-refractivity contribution in [2.75, 3.05) is 6.79 Å². The molecule has 29 heavy (non-hydrogen) atoms. The Kier molecular flexibility index (Phi) is 5.15. The quantitative estimate of drug-likeness (QED) is 0.312. The number of esters is 1. The van der Waals surface area contributed by atoms with E-state index >= 15 is 0 Å². The maximum atomic E-state index is 12.3. The molecule has 0 spiro atoms. The first kappa shape index (κ1) is 18.2. The molecule has 1 aliphatic heterocycles. The van der Waals surface area contributed by atoms with Crippen LogP contribution in [0.3, 0.4) is 0 Å². The van der Waals surface area contributed by atoms with E-state index < -0.39 is 11.9 Å². The van der Waals surface area contributed by atoms with Gasteiger partial charge in [-0.05, 0) is 60.2 Å². The molecular weight excluding hydrogens is 374 g/mol. The lowest BCUT2D eigenvalue weighted by Crippen LogP contribution is -2.18. The Hall–Kier alpha value is -4.20. The molecule has 1 aliphatic rings. The summed E-state index contributed by atoms with van der Waals surface area (Å²) >= 11 is 0. The van der Waals surface area contributed by atoms with Gasteiger partial charge in [-0.3, -0.25) is 9.78 Å². The molecule has 8 heteroatoms. The van der Waals surface area contributed by atoms with Gasteiger partial charge in [0.1, 0.15) is 11.4 Å². The highest BCUT2D eigenvalue weighted by atomic mass is 16.7. The Morgan fingerprint density at radius 2 is 1.86 bits per heavy atom. The summed E-state index contributed by atoms with van der Waals surface area (Å²) < 4.78 is 15.8. The molecule has 3 aromatic rings. The number of ether oxygens (including phenoxy) is 3. The van der Waals surface area contributed by atoms with Crippen molar-refractivity contribution in [3.05, 3.63) is 83.7 Å². The number of aromatic nitrogens is 1. The van der Waals surface area contributed by atoms with E-state index in [9.17, 15) is 9.59 Å². The number of amides is 1. The molecule has 0 aliphatic carbocycles. The van der Waals surface area contributed by atoms with Gasteiger partial charge in [-0.25, -0.2) is 10.2 Å². The van der Waals surface area contributed by atoms with Gasteiger partial charge in [0.2, 0.25) is 6.79 Å². The van der Waals surface area contributed by atoms with Crippen molar-refractivity contribution in [1.29, 1.82) is 0 Å². The number of hydrogen-bond donors (Lipinski definition) is 1. The molecule has 0 unspecified atom stereocenters. The normalized spacial score (nSPS) is 12.0. The van der Waals surface area contributed by atoms with Crippen molar-refractivity contribution in [3.63, 3.8) is 0 Å². The van der Waals surface area contributed by atoms with Gasteiger partial charge in [0.25, 0.3) is 5.91 Å². The molecule has 2 heterocycles. The summed E-state index contributed by atoms with van der Waals surface area (Å²) in [6.07, 6.45) is 3.01. The summed E-state index contributed by atoms with van der Waals surface area (Å²) in [5.74, 6) is 0.574. The van der Waals surface area contributed by atoms with Crippen LogP contribution in [0, 0.1) is 0 Å². The number of fused-ring (bicyclic) bond motifs is 1. The number of hydrazone groups is 1. The second kappa shape index (κ2) is 8.22. The van der Waals surface area contributed by atoms with Crippen molar-refractivity contribution in [2.24, 2.45) is 5.10 Å². The van der Waals surface area contributed by atoms with Gasteiger partial charge in [-0.2, -0.15) is 5.10 Å². The molecule has 1 amide bonds. The van der Waals surface area contributed by atoms with Crippen LogP contribution >= 0.6 is 0 Å². The average Bonchev–Trinajstić information content (AvgIpc) is 3.23. The molecule has 0 fully saturated rings. The van der Waals surface area contributed by atoms with Crippen LogP contribution in [0.2, 0.25) is 0 Å². The minimum Gasteiger partial charge on any atom is -0.454 e. The van der Waals surface area contributed by atoms with Crippen molar-refractivity contribution >= 4 is 18.1 Å². The average molecular weight is 389 g/mol. The number of nitrogens with one attached hydrogen (secondary N) is 1. The van der Waals surface area contributed by atoms with Crippen LogP contribution in [-0.4, -0.2) is 29.9 Å². The first-order chi connectivity index (χ1) is 14.2. The number of carbonyl (C=O) groups excluding carboxylic acids is 2. The molecule has 0 bridgehead atoms. The van der Waals surface area contributed by atoms with Crippen LogP contribution in [0.15, 0.2) is 72.0 Å². The third-order valence-corrected chi connectivity index (χ3v) is 3.98. The van der Waals surface area contributed by atoms with Gasteiger partial charge in [0.05, 0.1) is 11.8 Å². The molecule has 2 aromatic carbocycles. The van der Waals surface area contributed by atoms with Crippen molar-refractivity contribution in [2.45, 2.75) is 0 Å². The van der Waals surface area contributed by atoms with Crippen LogP contribution in [-0.2, 0) is 0 Å². The number of benzene rings is 2. The largest absolute Gasteiger partial charge is 0.454 e. The number of nitrogens with zero attached hydrogens (tertiary/aromatic N) is 2. The zero-order chi connectivity index (χ0) is 20.1. The highest BCUT2D eigenvalue weighted by molar-refractivity contribution is 5.93. The van der Waals surface area contributed by atoms with E-state index in [2.05, 4.69) is 15.5 Å². The number of pyridine rings is 1. The fourth-order valence-electron chi connectivity index (χ4n) is 2.53. The SMILES string of the molecule is O=C(Oc1ccc(/C=N\NC(=O)c2ccccn2)cc1)c1ccc2c(c1)OCO2. The Morgan fingerprint density at radius 1 is 1.03 bits per heavy atom. The lowest BCUT2D eigenvalue weighted by Gasteiger charge is -2.05. The molecule has 4 rings (SSSR count). The number of hydrogen-bond acceptors (Lipinski definition) is 7. The predicted octanol–water partition coefficient (Wildman–Crippen LogP) is 2.79. The van der Waals surface area contributed by atoms with Crippen molar-refractivity contribution in [1.82, 2.24) is 10.4 Å². The fraction of sp³-hybridized carbons (Fsp3) is 0.0476. The third kappa shape index (κ3) is 4.38. The standard InChI is InChI=1S/C21H15N3O5/c25-20(17-3-1-2-10-22-17)24-23-12-14-4-7-16(8-5-14)29-21(26)15-6-9-18-19(11-15)28-13-27-18/h1-12H,13H2,(H,24,25)/b23-12-. The molecular formula is C21H15N3O5. The van der Waals surface area contributed by atoms with Gasteiger partial charge in [0.15, 0.2) is 11.5 Å². The van der Waals surface area contributed by atoms with E-state index in [1.165, 1.54) is 12.4 Å². The maximum Gasteiger partial charge on any atom is 0.343 e. The fourth-order valence-corrected chi connectivity index (χ4v) is 2.53. The van der Waals surface area contributed by atoms with Gasteiger partial charge in [-0.1, -0.05) is 6.07 Å². The van der Waals surface area contributed by atoms with Crippen LogP contribution < -0.4 is 19.6 Å². The molecule has 1 aromatic heterocycles.